The van der Waals surface area contributed by atoms with Crippen molar-refractivity contribution in [1.29, 1.82) is 0 Å². The lowest BCUT2D eigenvalue weighted by atomic mass is 9.97. The SMILES string of the molecule is CCCNC(=O)CN1CCC(CNC)CC1.Cl. The van der Waals surface area contributed by atoms with Crippen molar-refractivity contribution in [2.24, 2.45) is 5.92 Å². The summed E-state index contributed by atoms with van der Waals surface area (Å²) in [7, 11) is 2.00. The van der Waals surface area contributed by atoms with Gasteiger partial charge in [0.05, 0.1) is 6.54 Å². The minimum Gasteiger partial charge on any atom is -0.355 e. The second-order valence-electron chi connectivity index (χ2n) is 4.63. The molecule has 0 atom stereocenters. The number of piperidine rings is 1. The zero-order valence-corrected chi connectivity index (χ0v) is 11.8. The van der Waals surface area contributed by atoms with Crippen LogP contribution in [0.25, 0.3) is 0 Å². The highest BCUT2D eigenvalue weighted by molar-refractivity contribution is 5.85. The summed E-state index contributed by atoms with van der Waals surface area (Å²) in [4.78, 5) is 13.8. The molecule has 0 radical (unpaired) electrons. The van der Waals surface area contributed by atoms with Gasteiger partial charge in [0.1, 0.15) is 0 Å². The van der Waals surface area contributed by atoms with Crippen LogP contribution in [0.5, 0.6) is 0 Å². The zero-order valence-electron chi connectivity index (χ0n) is 11.0. The van der Waals surface area contributed by atoms with E-state index in [4.69, 9.17) is 0 Å². The number of rotatable bonds is 6. The topological polar surface area (TPSA) is 44.4 Å². The third kappa shape index (κ3) is 6.86. The van der Waals surface area contributed by atoms with Gasteiger partial charge in [-0.05, 0) is 51.9 Å². The molecule has 0 aliphatic carbocycles. The normalized spacial score (nSPS) is 17.5. The van der Waals surface area contributed by atoms with E-state index in [0.717, 1.165) is 38.5 Å². The van der Waals surface area contributed by atoms with Crippen LogP contribution in [0.4, 0.5) is 0 Å². The molecule has 1 amide bonds. The molecular formula is C12H26ClN3O. The standard InChI is InChI=1S/C12H25N3O.ClH/c1-3-6-14-12(16)10-15-7-4-11(5-8-15)9-13-2;/h11,13H,3-10H2,1-2H3,(H,14,16);1H. The van der Waals surface area contributed by atoms with Gasteiger partial charge in [0, 0.05) is 6.54 Å². The summed E-state index contributed by atoms with van der Waals surface area (Å²) in [5, 5.41) is 6.15. The predicted molar refractivity (Wildman–Crippen MR) is 73.6 cm³/mol. The number of carbonyl (C=O) groups excluding carboxylic acids is 1. The van der Waals surface area contributed by atoms with Gasteiger partial charge < -0.3 is 10.6 Å². The fourth-order valence-electron chi connectivity index (χ4n) is 2.16. The first-order valence-corrected chi connectivity index (χ1v) is 6.40. The van der Waals surface area contributed by atoms with E-state index in [1.165, 1.54) is 12.8 Å². The second kappa shape index (κ2) is 9.68. The summed E-state index contributed by atoms with van der Waals surface area (Å²) in [6.45, 7) is 6.68. The van der Waals surface area contributed by atoms with Crippen LogP contribution in [0.1, 0.15) is 26.2 Å². The molecule has 1 rings (SSSR count). The van der Waals surface area contributed by atoms with Crippen LogP contribution in [-0.2, 0) is 4.79 Å². The predicted octanol–water partition coefficient (Wildman–Crippen LogP) is 0.866. The first-order valence-electron chi connectivity index (χ1n) is 6.40. The number of carbonyl (C=O) groups is 1. The van der Waals surface area contributed by atoms with Crippen molar-refractivity contribution in [2.75, 3.05) is 39.8 Å². The van der Waals surface area contributed by atoms with Crippen LogP contribution < -0.4 is 10.6 Å². The Morgan fingerprint density at radius 3 is 2.53 bits per heavy atom. The van der Waals surface area contributed by atoms with E-state index in [1.807, 2.05) is 7.05 Å². The molecule has 0 unspecified atom stereocenters. The molecule has 0 aromatic carbocycles. The number of nitrogens with zero attached hydrogens (tertiary/aromatic N) is 1. The molecule has 17 heavy (non-hydrogen) atoms. The van der Waals surface area contributed by atoms with Crippen LogP contribution in [-0.4, -0.2) is 50.6 Å². The Labute approximate surface area is 111 Å². The van der Waals surface area contributed by atoms with Crippen molar-refractivity contribution in [3.05, 3.63) is 0 Å². The maximum Gasteiger partial charge on any atom is 0.234 e. The molecule has 4 nitrogen and oxygen atoms in total. The molecule has 0 aromatic rings. The smallest absolute Gasteiger partial charge is 0.234 e. The van der Waals surface area contributed by atoms with Crippen molar-refractivity contribution >= 4 is 18.3 Å². The van der Waals surface area contributed by atoms with Gasteiger partial charge in [-0.2, -0.15) is 0 Å². The largest absolute Gasteiger partial charge is 0.355 e. The van der Waals surface area contributed by atoms with Gasteiger partial charge in [-0.1, -0.05) is 6.92 Å². The van der Waals surface area contributed by atoms with E-state index < -0.39 is 0 Å². The highest BCUT2D eigenvalue weighted by Crippen LogP contribution is 2.15. The van der Waals surface area contributed by atoms with Gasteiger partial charge in [0.15, 0.2) is 0 Å². The molecule has 1 aliphatic heterocycles. The fraction of sp³-hybridized carbons (Fsp3) is 0.917. The Hall–Kier alpha value is -0.320. The molecule has 0 spiro atoms. The minimum atomic E-state index is 0. The summed E-state index contributed by atoms with van der Waals surface area (Å²) in [6.07, 6.45) is 3.43. The lowest BCUT2D eigenvalue weighted by molar-refractivity contribution is -0.122. The van der Waals surface area contributed by atoms with Gasteiger partial charge in [0.25, 0.3) is 0 Å². The summed E-state index contributed by atoms with van der Waals surface area (Å²) < 4.78 is 0. The van der Waals surface area contributed by atoms with Crippen LogP contribution >= 0.6 is 12.4 Å². The maximum atomic E-state index is 11.5. The molecule has 0 saturated carbocycles. The monoisotopic (exact) mass is 263 g/mol. The van der Waals surface area contributed by atoms with E-state index >= 15 is 0 Å². The molecule has 102 valence electrons. The molecule has 1 fully saturated rings. The number of likely N-dealkylation sites (tertiary alicyclic amines) is 1. The molecule has 1 heterocycles. The van der Waals surface area contributed by atoms with Gasteiger partial charge in [0.2, 0.25) is 5.91 Å². The first kappa shape index (κ1) is 16.7. The summed E-state index contributed by atoms with van der Waals surface area (Å²) >= 11 is 0. The lowest BCUT2D eigenvalue weighted by Crippen LogP contribution is -2.42. The summed E-state index contributed by atoms with van der Waals surface area (Å²) in [6, 6.07) is 0. The van der Waals surface area contributed by atoms with Crippen molar-refractivity contribution in [1.82, 2.24) is 15.5 Å². The van der Waals surface area contributed by atoms with E-state index in [1.54, 1.807) is 0 Å². The molecule has 0 bridgehead atoms. The van der Waals surface area contributed by atoms with Crippen LogP contribution in [0.3, 0.4) is 0 Å². The maximum absolute atomic E-state index is 11.5. The molecule has 5 heteroatoms. The second-order valence-corrected chi connectivity index (χ2v) is 4.63. The number of halogens is 1. The summed E-state index contributed by atoms with van der Waals surface area (Å²) in [5.74, 6) is 0.967. The van der Waals surface area contributed by atoms with Crippen molar-refractivity contribution in [3.63, 3.8) is 0 Å². The van der Waals surface area contributed by atoms with E-state index in [9.17, 15) is 4.79 Å². The van der Waals surface area contributed by atoms with Crippen LogP contribution in [0.15, 0.2) is 0 Å². The van der Waals surface area contributed by atoms with Crippen molar-refractivity contribution in [2.45, 2.75) is 26.2 Å². The quantitative estimate of drug-likeness (QED) is 0.747. The number of amides is 1. The molecule has 2 N–H and O–H groups in total. The number of nitrogens with one attached hydrogen (secondary N) is 2. The third-order valence-corrected chi connectivity index (χ3v) is 3.14. The first-order chi connectivity index (χ1) is 7.76. The van der Waals surface area contributed by atoms with E-state index in [-0.39, 0.29) is 18.3 Å². The van der Waals surface area contributed by atoms with Gasteiger partial charge in [-0.15, -0.1) is 12.4 Å². The van der Waals surface area contributed by atoms with Crippen molar-refractivity contribution < 1.29 is 4.79 Å². The van der Waals surface area contributed by atoms with Crippen LogP contribution in [0, 0.1) is 5.92 Å². The molecule has 1 aliphatic rings. The Kier molecular flexibility index (Phi) is 9.50. The summed E-state index contributed by atoms with van der Waals surface area (Å²) in [5.41, 5.74) is 0. The Morgan fingerprint density at radius 1 is 1.35 bits per heavy atom. The average Bonchev–Trinajstić information content (AvgIpc) is 2.29. The van der Waals surface area contributed by atoms with Gasteiger partial charge in [-0.25, -0.2) is 0 Å². The van der Waals surface area contributed by atoms with E-state index in [0.29, 0.717) is 6.54 Å². The van der Waals surface area contributed by atoms with Crippen molar-refractivity contribution in [3.8, 4) is 0 Å². The number of hydrogen-bond donors (Lipinski definition) is 2. The highest BCUT2D eigenvalue weighted by atomic mass is 35.5. The van der Waals surface area contributed by atoms with Gasteiger partial charge >= 0.3 is 0 Å². The van der Waals surface area contributed by atoms with E-state index in [2.05, 4.69) is 22.5 Å². The van der Waals surface area contributed by atoms with Crippen LogP contribution in [0.2, 0.25) is 0 Å². The third-order valence-electron chi connectivity index (χ3n) is 3.14. The lowest BCUT2D eigenvalue weighted by Gasteiger charge is -2.31. The molecule has 1 saturated heterocycles. The Bertz CT molecular complexity index is 206. The average molecular weight is 264 g/mol. The fourth-order valence-corrected chi connectivity index (χ4v) is 2.16. The van der Waals surface area contributed by atoms with Gasteiger partial charge in [-0.3, -0.25) is 9.69 Å². The molecule has 0 aromatic heterocycles. The Morgan fingerprint density at radius 2 is 2.00 bits per heavy atom. The Balaban J connectivity index is 0.00000256. The number of hydrogen-bond acceptors (Lipinski definition) is 3. The highest BCUT2D eigenvalue weighted by Gasteiger charge is 2.19. The molecular weight excluding hydrogens is 238 g/mol. The minimum absolute atomic E-state index is 0. The zero-order chi connectivity index (χ0) is 11.8.